The Kier molecular flexibility index (Phi) is 4.43. The summed E-state index contributed by atoms with van der Waals surface area (Å²) in [6.07, 6.45) is 0.634. The van der Waals surface area contributed by atoms with Gasteiger partial charge in [-0.3, -0.25) is 15.1 Å². The number of nitro benzene ring substituents is 1. The van der Waals surface area contributed by atoms with Gasteiger partial charge in [-0.1, -0.05) is 18.2 Å². The molecule has 2 aromatic carbocycles. The number of nitrogens with zero attached hydrogens (tertiary/aromatic N) is 3. The van der Waals surface area contributed by atoms with Crippen LogP contribution in [0.5, 0.6) is 5.75 Å². The van der Waals surface area contributed by atoms with Crippen LogP contribution in [0.25, 0.3) is 0 Å². The van der Waals surface area contributed by atoms with Crippen LogP contribution in [0.15, 0.2) is 53.6 Å². The molecule has 1 atom stereocenters. The van der Waals surface area contributed by atoms with Gasteiger partial charge in [0.15, 0.2) is 0 Å². The van der Waals surface area contributed by atoms with Crippen LogP contribution in [-0.2, 0) is 0 Å². The Morgan fingerprint density at radius 2 is 2.12 bits per heavy atom. The van der Waals surface area contributed by atoms with Gasteiger partial charge >= 0.3 is 0 Å². The van der Waals surface area contributed by atoms with E-state index in [-0.39, 0.29) is 16.7 Å². The molecule has 0 aliphatic carbocycles. The zero-order valence-corrected chi connectivity index (χ0v) is 13.3. The number of non-ortho nitro benzene ring substituents is 1. The standard InChI is InChI=1S/C17H18N4O3/c1-24-16-7-3-5-14(10-16)20-17(9-13(11-18)19-20)12-4-2-6-15(8-12)21(22)23/h2-8,10,17H,9,11,18H2,1H3. The summed E-state index contributed by atoms with van der Waals surface area (Å²) in [5.41, 5.74) is 8.37. The summed E-state index contributed by atoms with van der Waals surface area (Å²) >= 11 is 0. The molecule has 0 amide bonds. The second-order valence-corrected chi connectivity index (χ2v) is 5.49. The molecular weight excluding hydrogens is 308 g/mol. The van der Waals surface area contributed by atoms with Gasteiger partial charge < -0.3 is 10.5 Å². The Balaban J connectivity index is 2.00. The van der Waals surface area contributed by atoms with E-state index in [9.17, 15) is 10.1 Å². The molecule has 7 nitrogen and oxygen atoms in total. The molecule has 0 aromatic heterocycles. The number of nitrogens with two attached hydrogens (primary N) is 1. The molecule has 0 spiro atoms. The Hall–Kier alpha value is -2.93. The lowest BCUT2D eigenvalue weighted by molar-refractivity contribution is -0.384. The van der Waals surface area contributed by atoms with Crippen molar-refractivity contribution in [1.29, 1.82) is 0 Å². The van der Waals surface area contributed by atoms with Crippen LogP contribution < -0.4 is 15.5 Å². The van der Waals surface area contributed by atoms with Crippen molar-refractivity contribution < 1.29 is 9.66 Å². The average Bonchev–Trinajstić information content (AvgIpc) is 3.06. The average molecular weight is 326 g/mol. The smallest absolute Gasteiger partial charge is 0.269 e. The molecule has 0 fully saturated rings. The minimum absolute atomic E-state index is 0.0688. The lowest BCUT2D eigenvalue weighted by Crippen LogP contribution is -2.18. The second kappa shape index (κ2) is 6.67. The fraction of sp³-hybridized carbons (Fsp3) is 0.235. The summed E-state index contributed by atoms with van der Waals surface area (Å²) in [7, 11) is 1.61. The number of ether oxygens (including phenoxy) is 1. The van der Waals surface area contributed by atoms with Gasteiger partial charge in [0.25, 0.3) is 5.69 Å². The predicted octanol–water partition coefficient (Wildman–Crippen LogP) is 2.87. The lowest BCUT2D eigenvalue weighted by atomic mass is 10.0. The molecule has 1 heterocycles. The van der Waals surface area contributed by atoms with Gasteiger partial charge in [0.2, 0.25) is 0 Å². The molecule has 2 aromatic rings. The molecule has 24 heavy (non-hydrogen) atoms. The maximum atomic E-state index is 11.1. The number of anilines is 1. The number of hydrazone groups is 1. The zero-order chi connectivity index (χ0) is 17.1. The quantitative estimate of drug-likeness (QED) is 0.673. The number of methoxy groups -OCH3 is 1. The molecule has 1 aliphatic rings. The van der Waals surface area contributed by atoms with Crippen LogP contribution in [0, 0.1) is 10.1 Å². The summed E-state index contributed by atoms with van der Waals surface area (Å²) < 4.78 is 5.27. The SMILES string of the molecule is COc1cccc(N2N=C(CN)CC2c2cccc([N+](=O)[O-])c2)c1. The van der Waals surface area contributed by atoms with Crippen molar-refractivity contribution in [3.8, 4) is 5.75 Å². The van der Waals surface area contributed by atoms with Crippen LogP contribution in [0.2, 0.25) is 0 Å². The first-order chi connectivity index (χ1) is 11.6. The van der Waals surface area contributed by atoms with Crippen molar-refractivity contribution in [2.24, 2.45) is 10.8 Å². The summed E-state index contributed by atoms with van der Waals surface area (Å²) in [6, 6.07) is 14.1. The van der Waals surface area contributed by atoms with Gasteiger partial charge in [0.1, 0.15) is 5.75 Å². The van der Waals surface area contributed by atoms with Crippen LogP contribution >= 0.6 is 0 Å². The highest BCUT2D eigenvalue weighted by atomic mass is 16.6. The number of nitro groups is 1. The molecule has 3 rings (SSSR count). The number of hydrogen-bond acceptors (Lipinski definition) is 6. The Morgan fingerprint density at radius 3 is 2.83 bits per heavy atom. The number of hydrogen-bond donors (Lipinski definition) is 1. The molecule has 0 radical (unpaired) electrons. The Labute approximate surface area is 139 Å². The third kappa shape index (κ3) is 3.07. The summed E-state index contributed by atoms with van der Waals surface area (Å²) in [6.45, 7) is 0.353. The zero-order valence-electron chi connectivity index (χ0n) is 13.3. The minimum Gasteiger partial charge on any atom is -0.497 e. The van der Waals surface area contributed by atoms with Gasteiger partial charge in [-0.15, -0.1) is 0 Å². The summed E-state index contributed by atoms with van der Waals surface area (Å²) in [5.74, 6) is 0.724. The van der Waals surface area contributed by atoms with Crippen LogP contribution in [0.3, 0.4) is 0 Å². The van der Waals surface area contributed by atoms with E-state index < -0.39 is 0 Å². The summed E-state index contributed by atoms with van der Waals surface area (Å²) in [5, 5.41) is 17.5. The van der Waals surface area contributed by atoms with Gasteiger partial charge in [-0.05, 0) is 17.7 Å². The van der Waals surface area contributed by atoms with E-state index in [1.165, 1.54) is 6.07 Å². The molecule has 0 saturated carbocycles. The lowest BCUT2D eigenvalue weighted by Gasteiger charge is -2.24. The maximum Gasteiger partial charge on any atom is 0.269 e. The van der Waals surface area contributed by atoms with Gasteiger partial charge in [0.05, 0.1) is 29.5 Å². The monoisotopic (exact) mass is 326 g/mol. The second-order valence-electron chi connectivity index (χ2n) is 5.49. The number of rotatable bonds is 5. The molecule has 0 bridgehead atoms. The molecule has 0 saturated heterocycles. The van der Waals surface area contributed by atoms with E-state index >= 15 is 0 Å². The highest BCUT2D eigenvalue weighted by molar-refractivity contribution is 5.90. The van der Waals surface area contributed by atoms with E-state index in [0.29, 0.717) is 13.0 Å². The normalized spacial score (nSPS) is 16.8. The number of benzene rings is 2. The highest BCUT2D eigenvalue weighted by Crippen LogP contribution is 2.37. The van der Waals surface area contributed by atoms with E-state index in [2.05, 4.69) is 5.10 Å². The van der Waals surface area contributed by atoms with E-state index in [1.807, 2.05) is 35.3 Å². The molecular formula is C17H18N4O3. The molecule has 1 aliphatic heterocycles. The minimum atomic E-state index is -0.390. The van der Waals surface area contributed by atoms with Crippen molar-refractivity contribution in [2.75, 3.05) is 18.7 Å². The van der Waals surface area contributed by atoms with E-state index in [4.69, 9.17) is 10.5 Å². The van der Waals surface area contributed by atoms with Gasteiger partial charge in [-0.25, -0.2) is 0 Å². The van der Waals surface area contributed by atoms with Crippen LogP contribution in [0.1, 0.15) is 18.0 Å². The highest BCUT2D eigenvalue weighted by Gasteiger charge is 2.29. The van der Waals surface area contributed by atoms with Crippen molar-refractivity contribution in [3.05, 3.63) is 64.2 Å². The fourth-order valence-corrected chi connectivity index (χ4v) is 2.79. The van der Waals surface area contributed by atoms with Crippen LogP contribution in [0.4, 0.5) is 11.4 Å². The van der Waals surface area contributed by atoms with Crippen molar-refractivity contribution in [3.63, 3.8) is 0 Å². The largest absolute Gasteiger partial charge is 0.497 e. The molecule has 1 unspecified atom stereocenters. The van der Waals surface area contributed by atoms with Crippen molar-refractivity contribution in [1.82, 2.24) is 0 Å². The van der Waals surface area contributed by atoms with Gasteiger partial charge in [-0.2, -0.15) is 5.10 Å². The predicted molar refractivity (Wildman–Crippen MR) is 92.4 cm³/mol. The summed E-state index contributed by atoms with van der Waals surface area (Å²) in [4.78, 5) is 10.7. The third-order valence-corrected chi connectivity index (χ3v) is 3.99. The molecule has 124 valence electrons. The van der Waals surface area contributed by atoms with E-state index in [1.54, 1.807) is 19.2 Å². The van der Waals surface area contributed by atoms with Crippen molar-refractivity contribution >= 4 is 17.1 Å². The third-order valence-electron chi connectivity index (χ3n) is 3.99. The van der Waals surface area contributed by atoms with Gasteiger partial charge in [0, 0.05) is 31.2 Å². The Morgan fingerprint density at radius 1 is 1.33 bits per heavy atom. The first-order valence-corrected chi connectivity index (χ1v) is 7.56. The maximum absolute atomic E-state index is 11.1. The topological polar surface area (TPSA) is 94.0 Å². The Bertz CT molecular complexity index is 791. The first-order valence-electron chi connectivity index (χ1n) is 7.56. The first kappa shape index (κ1) is 15.9. The van der Waals surface area contributed by atoms with Crippen molar-refractivity contribution in [2.45, 2.75) is 12.5 Å². The molecule has 2 N–H and O–H groups in total. The van der Waals surface area contributed by atoms with E-state index in [0.717, 1.165) is 22.7 Å². The van der Waals surface area contributed by atoms with Crippen LogP contribution in [-0.4, -0.2) is 24.3 Å². The molecule has 7 heteroatoms. The fourth-order valence-electron chi connectivity index (χ4n) is 2.79.